The second kappa shape index (κ2) is 8.30. The molecule has 1 aromatic carbocycles. The molecule has 0 radical (unpaired) electrons. The van der Waals surface area contributed by atoms with Crippen LogP contribution in [0.5, 0.6) is 0 Å². The van der Waals surface area contributed by atoms with Crippen molar-refractivity contribution in [3.63, 3.8) is 0 Å². The Balaban J connectivity index is 1.70. The lowest BCUT2D eigenvalue weighted by Gasteiger charge is -2.29. The van der Waals surface area contributed by atoms with Crippen molar-refractivity contribution in [2.24, 2.45) is 5.92 Å². The number of aromatic nitrogens is 4. The van der Waals surface area contributed by atoms with Crippen LogP contribution in [0.1, 0.15) is 47.6 Å². The van der Waals surface area contributed by atoms with Crippen LogP contribution in [0.25, 0.3) is 5.69 Å². The van der Waals surface area contributed by atoms with Crippen LogP contribution in [0.15, 0.2) is 49.1 Å². The minimum Gasteiger partial charge on any atom is -0.328 e. The zero-order valence-electron chi connectivity index (χ0n) is 16.6. The lowest BCUT2D eigenvalue weighted by Crippen LogP contribution is -2.36. The fourth-order valence-corrected chi connectivity index (χ4v) is 3.63. The molecule has 0 bridgehead atoms. The summed E-state index contributed by atoms with van der Waals surface area (Å²) in [4.78, 5) is 23.3. The van der Waals surface area contributed by atoms with E-state index in [1.54, 1.807) is 41.0 Å². The number of alkyl halides is 3. The van der Waals surface area contributed by atoms with Crippen molar-refractivity contribution in [3.05, 3.63) is 71.0 Å². The summed E-state index contributed by atoms with van der Waals surface area (Å²) in [6, 6.07) is 5.93. The second-order valence-corrected chi connectivity index (χ2v) is 7.98. The standard InChI is InChI=1S/C21H19ClF3N5O/c1-13(19-27-12-28-30(19)18-3-2-6-26-10-18)29(11-14-4-5-14)20(31)15-7-16(21(23,24)25)9-17(22)8-15/h2-3,6-10,12-14H,4-5,11H2,1H3. The number of rotatable bonds is 6. The number of amides is 1. The van der Waals surface area contributed by atoms with E-state index in [-0.39, 0.29) is 10.6 Å². The molecule has 0 spiro atoms. The van der Waals surface area contributed by atoms with Crippen molar-refractivity contribution in [3.8, 4) is 5.69 Å². The van der Waals surface area contributed by atoms with Gasteiger partial charge in [-0.15, -0.1) is 0 Å². The highest BCUT2D eigenvalue weighted by Crippen LogP contribution is 2.35. The van der Waals surface area contributed by atoms with Gasteiger partial charge in [-0.2, -0.15) is 18.3 Å². The molecule has 162 valence electrons. The lowest BCUT2D eigenvalue weighted by atomic mass is 10.1. The zero-order chi connectivity index (χ0) is 22.2. The molecule has 3 aromatic rings. The predicted molar refractivity (Wildman–Crippen MR) is 108 cm³/mol. The smallest absolute Gasteiger partial charge is 0.328 e. The lowest BCUT2D eigenvalue weighted by molar-refractivity contribution is -0.137. The third-order valence-electron chi connectivity index (χ3n) is 5.19. The minimum atomic E-state index is -4.60. The molecule has 1 fully saturated rings. The van der Waals surface area contributed by atoms with Crippen LogP contribution in [0, 0.1) is 5.92 Å². The maximum absolute atomic E-state index is 13.4. The number of hydrogen-bond acceptors (Lipinski definition) is 4. The second-order valence-electron chi connectivity index (χ2n) is 7.54. The number of carbonyl (C=O) groups is 1. The van der Waals surface area contributed by atoms with Gasteiger partial charge in [0.25, 0.3) is 5.91 Å². The van der Waals surface area contributed by atoms with Crippen LogP contribution in [-0.4, -0.2) is 37.1 Å². The fourth-order valence-electron chi connectivity index (χ4n) is 3.39. The van der Waals surface area contributed by atoms with Gasteiger partial charge in [0.05, 0.1) is 23.5 Å². The molecule has 0 aliphatic heterocycles. The van der Waals surface area contributed by atoms with Crippen molar-refractivity contribution in [1.29, 1.82) is 0 Å². The predicted octanol–water partition coefficient (Wildman–Crippen LogP) is 4.95. The zero-order valence-corrected chi connectivity index (χ0v) is 17.3. The average Bonchev–Trinajstić information content (AvgIpc) is 3.43. The molecule has 1 aliphatic rings. The Morgan fingerprint density at radius 3 is 2.74 bits per heavy atom. The topological polar surface area (TPSA) is 63.9 Å². The highest BCUT2D eigenvalue weighted by atomic mass is 35.5. The summed E-state index contributed by atoms with van der Waals surface area (Å²) in [6.45, 7) is 2.19. The Kier molecular flexibility index (Phi) is 5.70. The van der Waals surface area contributed by atoms with E-state index >= 15 is 0 Å². The molecule has 0 N–H and O–H groups in total. The molecule has 1 unspecified atom stereocenters. The normalized spacial score (nSPS) is 15.0. The van der Waals surface area contributed by atoms with Crippen LogP contribution in [0.2, 0.25) is 5.02 Å². The first-order chi connectivity index (χ1) is 14.7. The average molecular weight is 450 g/mol. The van der Waals surface area contributed by atoms with Gasteiger partial charge in [0, 0.05) is 23.3 Å². The Morgan fingerprint density at radius 2 is 2.10 bits per heavy atom. The molecule has 0 saturated heterocycles. The summed E-state index contributed by atoms with van der Waals surface area (Å²) in [5, 5.41) is 4.09. The Bertz CT molecular complexity index is 1080. The van der Waals surface area contributed by atoms with E-state index in [1.165, 1.54) is 12.4 Å². The molecular formula is C21H19ClF3N5O. The Labute approximate surface area is 181 Å². The number of carbonyl (C=O) groups excluding carboxylic acids is 1. The van der Waals surface area contributed by atoms with Gasteiger partial charge >= 0.3 is 6.18 Å². The molecule has 1 aliphatic carbocycles. The maximum Gasteiger partial charge on any atom is 0.416 e. The fraction of sp³-hybridized carbons (Fsp3) is 0.333. The monoisotopic (exact) mass is 449 g/mol. The van der Waals surface area contributed by atoms with E-state index in [9.17, 15) is 18.0 Å². The van der Waals surface area contributed by atoms with Crippen LogP contribution in [-0.2, 0) is 6.18 Å². The van der Waals surface area contributed by atoms with Crippen LogP contribution in [0.3, 0.4) is 0 Å². The summed E-state index contributed by atoms with van der Waals surface area (Å²) in [6.07, 6.45) is 1.95. The molecular weight excluding hydrogens is 431 g/mol. The van der Waals surface area contributed by atoms with Crippen LogP contribution >= 0.6 is 11.6 Å². The van der Waals surface area contributed by atoms with E-state index in [0.29, 0.717) is 24.0 Å². The highest BCUT2D eigenvalue weighted by molar-refractivity contribution is 6.31. The van der Waals surface area contributed by atoms with Crippen molar-refractivity contribution in [2.45, 2.75) is 32.0 Å². The van der Waals surface area contributed by atoms with Gasteiger partial charge in [-0.25, -0.2) is 9.67 Å². The Hall–Kier alpha value is -2.94. The van der Waals surface area contributed by atoms with E-state index in [0.717, 1.165) is 25.0 Å². The molecule has 4 rings (SSSR count). The molecule has 31 heavy (non-hydrogen) atoms. The van der Waals surface area contributed by atoms with Gasteiger partial charge in [-0.1, -0.05) is 11.6 Å². The largest absolute Gasteiger partial charge is 0.416 e. The maximum atomic E-state index is 13.4. The molecule has 2 aromatic heterocycles. The molecule has 1 saturated carbocycles. The third kappa shape index (κ3) is 4.71. The first-order valence-corrected chi connectivity index (χ1v) is 10.1. The van der Waals surface area contributed by atoms with Crippen molar-refractivity contribution in [2.75, 3.05) is 6.54 Å². The molecule has 10 heteroatoms. The minimum absolute atomic E-state index is 0.111. The molecule has 1 amide bonds. The van der Waals surface area contributed by atoms with Gasteiger partial charge in [0.2, 0.25) is 0 Å². The first-order valence-electron chi connectivity index (χ1n) is 9.73. The molecule has 2 heterocycles. The van der Waals surface area contributed by atoms with E-state index in [1.807, 2.05) is 0 Å². The molecule has 6 nitrogen and oxygen atoms in total. The summed E-state index contributed by atoms with van der Waals surface area (Å²) >= 11 is 5.90. The van der Waals surface area contributed by atoms with E-state index in [2.05, 4.69) is 15.1 Å². The summed E-state index contributed by atoms with van der Waals surface area (Å²) in [5.74, 6) is 0.260. The van der Waals surface area contributed by atoms with Crippen LogP contribution < -0.4 is 0 Å². The van der Waals surface area contributed by atoms with E-state index < -0.39 is 23.7 Å². The van der Waals surface area contributed by atoms with Gasteiger partial charge < -0.3 is 4.90 Å². The van der Waals surface area contributed by atoms with Crippen molar-refractivity contribution < 1.29 is 18.0 Å². The molecule has 1 atom stereocenters. The first kappa shape index (κ1) is 21.3. The highest BCUT2D eigenvalue weighted by Gasteiger charge is 2.35. The number of benzene rings is 1. The van der Waals surface area contributed by atoms with Crippen LogP contribution in [0.4, 0.5) is 13.2 Å². The van der Waals surface area contributed by atoms with Crippen molar-refractivity contribution >= 4 is 17.5 Å². The van der Waals surface area contributed by atoms with Gasteiger partial charge in [-0.3, -0.25) is 9.78 Å². The SMILES string of the molecule is CC(c1ncnn1-c1cccnc1)N(CC1CC1)C(=O)c1cc(Cl)cc(C(F)(F)F)c1. The number of halogens is 4. The number of pyridine rings is 1. The van der Waals surface area contributed by atoms with E-state index in [4.69, 9.17) is 11.6 Å². The summed E-state index contributed by atoms with van der Waals surface area (Å²) < 4.78 is 41.3. The summed E-state index contributed by atoms with van der Waals surface area (Å²) in [5.41, 5.74) is -0.400. The number of nitrogens with zero attached hydrogens (tertiary/aromatic N) is 5. The quantitative estimate of drug-likeness (QED) is 0.534. The summed E-state index contributed by atoms with van der Waals surface area (Å²) in [7, 11) is 0. The van der Waals surface area contributed by atoms with Gasteiger partial charge in [0.1, 0.15) is 6.33 Å². The van der Waals surface area contributed by atoms with Gasteiger partial charge in [0.15, 0.2) is 5.82 Å². The number of hydrogen-bond donors (Lipinski definition) is 0. The Morgan fingerprint density at radius 1 is 1.32 bits per heavy atom. The third-order valence-corrected chi connectivity index (χ3v) is 5.41. The van der Waals surface area contributed by atoms with Crippen molar-refractivity contribution in [1.82, 2.24) is 24.6 Å². The van der Waals surface area contributed by atoms with Gasteiger partial charge in [-0.05, 0) is 56.0 Å².